The number of hydrogen-bond acceptors (Lipinski definition) is 4. The van der Waals surface area contributed by atoms with Crippen LogP contribution in [-0.4, -0.2) is 51.8 Å². The van der Waals surface area contributed by atoms with E-state index in [1.165, 1.54) is 22.4 Å². The molecule has 162 valence electrons. The van der Waals surface area contributed by atoms with Crippen LogP contribution in [0.25, 0.3) is 11.6 Å². The molecule has 2 fully saturated rings. The van der Waals surface area contributed by atoms with Crippen LogP contribution in [0.1, 0.15) is 35.2 Å². The van der Waals surface area contributed by atoms with Crippen molar-refractivity contribution in [1.82, 2.24) is 19.7 Å². The number of fused-ring (bicyclic) bond motifs is 1. The van der Waals surface area contributed by atoms with Crippen molar-refractivity contribution >= 4 is 23.2 Å². The normalized spacial score (nSPS) is 17.9. The van der Waals surface area contributed by atoms with Gasteiger partial charge in [0.2, 0.25) is 5.91 Å². The molecule has 6 rings (SSSR count). The molecule has 6 nitrogen and oxygen atoms in total. The Morgan fingerprint density at radius 1 is 1.03 bits per heavy atom. The predicted octanol–water partition coefficient (Wildman–Crippen LogP) is 3.48. The third kappa shape index (κ3) is 3.70. The number of carbonyl (C=O) groups excluding carboxylic acids is 1. The lowest BCUT2D eigenvalue weighted by Crippen LogP contribution is -2.49. The van der Waals surface area contributed by atoms with E-state index in [1.807, 2.05) is 23.1 Å². The average Bonchev–Trinajstić information content (AvgIpc) is 3.42. The van der Waals surface area contributed by atoms with Crippen molar-refractivity contribution < 1.29 is 4.79 Å². The smallest absolute Gasteiger partial charge is 0.225 e. The molecule has 3 aromatic rings. The van der Waals surface area contributed by atoms with Gasteiger partial charge in [-0.25, -0.2) is 0 Å². The van der Waals surface area contributed by atoms with Gasteiger partial charge in [-0.15, -0.1) is 0 Å². The van der Waals surface area contributed by atoms with E-state index >= 15 is 0 Å². The number of hydrogen-bond donors (Lipinski definition) is 0. The third-order valence-corrected chi connectivity index (χ3v) is 6.78. The quantitative estimate of drug-likeness (QED) is 0.628. The SMILES string of the molecule is O=C(C1CC1)N1CCN(c2ccnc3c2C=C(c2cnn(Cc4ccccc4)c2)C3)CC1. The van der Waals surface area contributed by atoms with Gasteiger partial charge in [0.15, 0.2) is 0 Å². The van der Waals surface area contributed by atoms with E-state index in [-0.39, 0.29) is 0 Å². The maximum absolute atomic E-state index is 12.4. The number of allylic oxidation sites excluding steroid dienone is 1. The Labute approximate surface area is 188 Å². The lowest BCUT2D eigenvalue weighted by molar-refractivity contribution is -0.132. The van der Waals surface area contributed by atoms with Crippen LogP contribution in [0.5, 0.6) is 0 Å². The molecule has 0 radical (unpaired) electrons. The van der Waals surface area contributed by atoms with Crippen molar-refractivity contribution in [2.45, 2.75) is 25.8 Å². The molecule has 1 amide bonds. The highest BCUT2D eigenvalue weighted by molar-refractivity contribution is 5.91. The van der Waals surface area contributed by atoms with Gasteiger partial charge in [-0.2, -0.15) is 5.10 Å². The van der Waals surface area contributed by atoms with Gasteiger partial charge in [-0.3, -0.25) is 14.5 Å². The van der Waals surface area contributed by atoms with E-state index in [2.05, 4.69) is 62.5 Å². The summed E-state index contributed by atoms with van der Waals surface area (Å²) < 4.78 is 2.00. The molecule has 1 aliphatic heterocycles. The number of anilines is 1. The zero-order valence-corrected chi connectivity index (χ0v) is 18.2. The summed E-state index contributed by atoms with van der Waals surface area (Å²) >= 11 is 0. The number of aromatic nitrogens is 3. The summed E-state index contributed by atoms with van der Waals surface area (Å²) in [5.41, 5.74) is 7.26. The molecule has 0 atom stereocenters. The first-order chi connectivity index (χ1) is 15.7. The van der Waals surface area contributed by atoms with Gasteiger partial charge in [0, 0.05) is 67.7 Å². The third-order valence-electron chi connectivity index (χ3n) is 6.78. The largest absolute Gasteiger partial charge is 0.367 e. The number of rotatable bonds is 5. The zero-order valence-electron chi connectivity index (χ0n) is 18.2. The Kier molecular flexibility index (Phi) is 4.78. The minimum absolute atomic E-state index is 0.306. The molecular formula is C26H27N5O. The summed E-state index contributed by atoms with van der Waals surface area (Å²) in [4.78, 5) is 21.5. The molecule has 3 heterocycles. The van der Waals surface area contributed by atoms with E-state index in [0.29, 0.717) is 11.8 Å². The van der Waals surface area contributed by atoms with Crippen molar-refractivity contribution in [1.29, 1.82) is 0 Å². The summed E-state index contributed by atoms with van der Waals surface area (Å²) in [7, 11) is 0. The van der Waals surface area contributed by atoms with Crippen LogP contribution in [0.2, 0.25) is 0 Å². The molecular weight excluding hydrogens is 398 g/mol. The second-order valence-corrected chi connectivity index (χ2v) is 9.04. The van der Waals surface area contributed by atoms with Crippen molar-refractivity contribution in [2.24, 2.45) is 5.92 Å². The number of amides is 1. The average molecular weight is 426 g/mol. The Morgan fingerprint density at radius 2 is 1.84 bits per heavy atom. The monoisotopic (exact) mass is 425 g/mol. The molecule has 2 aliphatic carbocycles. The van der Waals surface area contributed by atoms with Crippen LogP contribution < -0.4 is 4.90 Å². The number of nitrogens with zero attached hydrogens (tertiary/aromatic N) is 5. The van der Waals surface area contributed by atoms with E-state index in [0.717, 1.165) is 63.2 Å². The van der Waals surface area contributed by atoms with Crippen molar-refractivity contribution in [2.75, 3.05) is 31.1 Å². The molecule has 32 heavy (non-hydrogen) atoms. The molecule has 1 saturated carbocycles. The molecule has 1 aromatic carbocycles. The lowest BCUT2D eigenvalue weighted by Gasteiger charge is -2.37. The van der Waals surface area contributed by atoms with E-state index < -0.39 is 0 Å². The van der Waals surface area contributed by atoms with Gasteiger partial charge in [0.25, 0.3) is 0 Å². The Morgan fingerprint density at radius 3 is 2.62 bits per heavy atom. The molecule has 1 saturated heterocycles. The van der Waals surface area contributed by atoms with E-state index in [4.69, 9.17) is 0 Å². The molecule has 0 spiro atoms. The topological polar surface area (TPSA) is 54.3 Å². The van der Waals surface area contributed by atoms with Gasteiger partial charge < -0.3 is 9.80 Å². The molecule has 3 aliphatic rings. The maximum Gasteiger partial charge on any atom is 0.225 e. The highest BCUT2D eigenvalue weighted by Crippen LogP contribution is 2.37. The molecule has 0 N–H and O–H groups in total. The van der Waals surface area contributed by atoms with Crippen LogP contribution in [0.4, 0.5) is 5.69 Å². The molecule has 6 heteroatoms. The van der Waals surface area contributed by atoms with Crippen LogP contribution in [-0.2, 0) is 17.8 Å². The molecule has 0 unspecified atom stereocenters. The highest BCUT2D eigenvalue weighted by atomic mass is 16.2. The number of pyridine rings is 1. The van der Waals surface area contributed by atoms with E-state index in [9.17, 15) is 4.79 Å². The van der Waals surface area contributed by atoms with Crippen LogP contribution in [0.3, 0.4) is 0 Å². The zero-order chi connectivity index (χ0) is 21.5. The fourth-order valence-electron chi connectivity index (χ4n) is 4.81. The molecule has 0 bridgehead atoms. The Hall–Kier alpha value is -3.41. The van der Waals surface area contributed by atoms with Crippen LogP contribution >= 0.6 is 0 Å². The highest BCUT2D eigenvalue weighted by Gasteiger charge is 2.35. The number of benzene rings is 1. The first kappa shape index (κ1) is 19.3. The second kappa shape index (κ2) is 7.93. The first-order valence-corrected chi connectivity index (χ1v) is 11.5. The summed E-state index contributed by atoms with van der Waals surface area (Å²) in [6.07, 6.45) is 11.3. The van der Waals surface area contributed by atoms with Crippen molar-refractivity contribution in [3.8, 4) is 0 Å². The summed E-state index contributed by atoms with van der Waals surface area (Å²) in [6.45, 7) is 4.17. The van der Waals surface area contributed by atoms with Gasteiger partial charge in [0.1, 0.15) is 0 Å². The van der Waals surface area contributed by atoms with Crippen molar-refractivity contribution in [3.05, 3.63) is 77.4 Å². The fourth-order valence-corrected chi connectivity index (χ4v) is 4.81. The van der Waals surface area contributed by atoms with Gasteiger partial charge in [-0.1, -0.05) is 30.3 Å². The van der Waals surface area contributed by atoms with E-state index in [1.54, 1.807) is 0 Å². The van der Waals surface area contributed by atoms with Gasteiger partial charge in [-0.05, 0) is 36.1 Å². The lowest BCUT2D eigenvalue weighted by atomic mass is 10.1. The first-order valence-electron chi connectivity index (χ1n) is 11.5. The van der Waals surface area contributed by atoms with Crippen LogP contribution in [0.15, 0.2) is 55.0 Å². The summed E-state index contributed by atoms with van der Waals surface area (Å²) in [5, 5.41) is 4.58. The predicted molar refractivity (Wildman–Crippen MR) is 125 cm³/mol. The number of piperazine rings is 1. The minimum Gasteiger partial charge on any atom is -0.367 e. The molecule has 2 aromatic heterocycles. The van der Waals surface area contributed by atoms with Crippen molar-refractivity contribution in [3.63, 3.8) is 0 Å². The van der Waals surface area contributed by atoms with Gasteiger partial charge >= 0.3 is 0 Å². The second-order valence-electron chi connectivity index (χ2n) is 9.04. The summed E-state index contributed by atoms with van der Waals surface area (Å²) in [5.74, 6) is 0.666. The van der Waals surface area contributed by atoms with Gasteiger partial charge in [0.05, 0.1) is 18.4 Å². The standard InChI is InChI=1S/C26H27N5O/c32-26(20-6-7-20)30-12-10-29(11-13-30)25-8-9-27-24-15-21(14-23(24)25)22-16-28-31(18-22)17-19-4-2-1-3-5-19/h1-5,8-9,14,16,18,20H,6-7,10-13,15,17H2. The minimum atomic E-state index is 0.306. The number of carbonyl (C=O) groups is 1. The Bertz CT molecular complexity index is 1170. The van der Waals surface area contributed by atoms with Crippen LogP contribution in [0, 0.1) is 5.92 Å². The maximum atomic E-state index is 12.4. The Balaban J connectivity index is 1.18. The fraction of sp³-hybridized carbons (Fsp3) is 0.346. The summed E-state index contributed by atoms with van der Waals surface area (Å²) in [6, 6.07) is 12.5.